The Morgan fingerprint density at radius 2 is 1.52 bits per heavy atom. The van der Waals surface area contributed by atoms with E-state index < -0.39 is 11.7 Å². The van der Waals surface area contributed by atoms with Crippen LogP contribution >= 0.6 is 0 Å². The molecule has 21 heavy (non-hydrogen) atoms. The first-order valence-electron chi connectivity index (χ1n) is 6.42. The summed E-state index contributed by atoms with van der Waals surface area (Å²) < 4.78 is 37.2. The number of halogens is 3. The summed E-state index contributed by atoms with van der Waals surface area (Å²) in [6.07, 6.45) is -4.29. The topological polar surface area (TPSA) is 29.1 Å². The van der Waals surface area contributed by atoms with Gasteiger partial charge in [-0.05, 0) is 23.3 Å². The minimum atomic E-state index is -4.35. The van der Waals surface area contributed by atoms with E-state index in [1.165, 1.54) is 12.1 Å². The molecule has 0 spiro atoms. The highest BCUT2D eigenvalue weighted by molar-refractivity contribution is 5.78. The molecule has 2 nitrogen and oxygen atoms in total. The van der Waals surface area contributed by atoms with Crippen molar-refractivity contribution in [3.05, 3.63) is 71.3 Å². The normalized spacial score (nSPS) is 11.2. The number of amides is 1. The molecule has 110 valence electrons. The first kappa shape index (κ1) is 15.1. The van der Waals surface area contributed by atoms with Gasteiger partial charge in [0.1, 0.15) is 0 Å². The first-order chi connectivity index (χ1) is 9.95. The number of rotatable bonds is 4. The molecular formula is C16H14F3NO. The molecule has 0 saturated heterocycles. The van der Waals surface area contributed by atoms with Crippen molar-refractivity contribution in [2.75, 3.05) is 0 Å². The standard InChI is InChI=1S/C16H14F3NO/c17-16(18,19)14-8-6-12(7-9-14)10-15(21)20-11-13-4-2-1-3-5-13/h1-9H,10-11H2,(H,20,21). The van der Waals surface area contributed by atoms with E-state index >= 15 is 0 Å². The fraction of sp³-hybridized carbons (Fsp3) is 0.188. The monoisotopic (exact) mass is 293 g/mol. The summed E-state index contributed by atoms with van der Waals surface area (Å²) in [6, 6.07) is 14.0. The van der Waals surface area contributed by atoms with Crippen molar-refractivity contribution in [2.45, 2.75) is 19.1 Å². The lowest BCUT2D eigenvalue weighted by atomic mass is 10.1. The number of hydrogen-bond donors (Lipinski definition) is 1. The van der Waals surface area contributed by atoms with Gasteiger partial charge in [0.05, 0.1) is 12.0 Å². The zero-order valence-corrected chi connectivity index (χ0v) is 11.2. The lowest BCUT2D eigenvalue weighted by molar-refractivity contribution is -0.137. The predicted octanol–water partition coefficient (Wildman–Crippen LogP) is 3.56. The largest absolute Gasteiger partial charge is 0.416 e. The Morgan fingerprint density at radius 3 is 2.10 bits per heavy atom. The third-order valence-corrected chi connectivity index (χ3v) is 2.98. The Balaban J connectivity index is 1.88. The molecule has 0 fully saturated rings. The molecule has 0 unspecified atom stereocenters. The van der Waals surface area contributed by atoms with Crippen LogP contribution in [0.25, 0.3) is 0 Å². The molecule has 0 aliphatic rings. The fourth-order valence-corrected chi connectivity index (χ4v) is 1.86. The molecule has 2 aromatic rings. The third kappa shape index (κ3) is 4.63. The van der Waals surface area contributed by atoms with Gasteiger partial charge in [-0.2, -0.15) is 13.2 Å². The number of nitrogens with one attached hydrogen (secondary N) is 1. The molecule has 0 atom stereocenters. The molecule has 0 aliphatic carbocycles. The molecule has 0 aliphatic heterocycles. The maximum atomic E-state index is 12.4. The van der Waals surface area contributed by atoms with Crippen molar-refractivity contribution >= 4 is 5.91 Å². The third-order valence-electron chi connectivity index (χ3n) is 2.98. The van der Waals surface area contributed by atoms with E-state index in [2.05, 4.69) is 5.32 Å². The first-order valence-corrected chi connectivity index (χ1v) is 6.42. The SMILES string of the molecule is O=C(Cc1ccc(C(F)(F)F)cc1)NCc1ccccc1. The number of alkyl halides is 3. The van der Waals surface area contributed by atoms with Gasteiger partial charge in [-0.1, -0.05) is 42.5 Å². The highest BCUT2D eigenvalue weighted by Gasteiger charge is 2.29. The molecule has 1 amide bonds. The van der Waals surface area contributed by atoms with Crippen LogP contribution in [0.15, 0.2) is 54.6 Å². The summed E-state index contributed by atoms with van der Waals surface area (Å²) in [4.78, 5) is 11.7. The molecule has 0 bridgehead atoms. The summed E-state index contributed by atoms with van der Waals surface area (Å²) in [7, 11) is 0. The van der Waals surface area contributed by atoms with Crippen molar-refractivity contribution in [3.8, 4) is 0 Å². The van der Waals surface area contributed by atoms with Crippen molar-refractivity contribution in [1.29, 1.82) is 0 Å². The lowest BCUT2D eigenvalue weighted by Gasteiger charge is -2.08. The second-order valence-corrected chi connectivity index (χ2v) is 4.63. The average molecular weight is 293 g/mol. The molecule has 5 heteroatoms. The minimum Gasteiger partial charge on any atom is -0.352 e. The van der Waals surface area contributed by atoms with Gasteiger partial charge in [0, 0.05) is 6.54 Å². The molecular weight excluding hydrogens is 279 g/mol. The molecule has 0 heterocycles. The van der Waals surface area contributed by atoms with Gasteiger partial charge in [-0.3, -0.25) is 4.79 Å². The van der Waals surface area contributed by atoms with Crippen LogP contribution < -0.4 is 5.32 Å². The summed E-state index contributed by atoms with van der Waals surface area (Å²) in [5.74, 6) is -0.224. The van der Waals surface area contributed by atoms with Crippen molar-refractivity contribution in [2.24, 2.45) is 0 Å². The molecule has 2 aromatic carbocycles. The summed E-state index contributed by atoms with van der Waals surface area (Å²) >= 11 is 0. The van der Waals surface area contributed by atoms with Crippen LogP contribution in [-0.4, -0.2) is 5.91 Å². The van der Waals surface area contributed by atoms with Gasteiger partial charge in [-0.25, -0.2) is 0 Å². The van der Waals surface area contributed by atoms with Gasteiger partial charge in [0.2, 0.25) is 5.91 Å². The second-order valence-electron chi connectivity index (χ2n) is 4.63. The van der Waals surface area contributed by atoms with Crippen LogP contribution in [0, 0.1) is 0 Å². The number of benzene rings is 2. The maximum Gasteiger partial charge on any atom is 0.416 e. The van der Waals surface area contributed by atoms with Gasteiger partial charge in [0.15, 0.2) is 0 Å². The number of carbonyl (C=O) groups excluding carboxylic acids is 1. The Kier molecular flexibility index (Phi) is 4.62. The van der Waals surface area contributed by atoms with E-state index in [-0.39, 0.29) is 12.3 Å². The quantitative estimate of drug-likeness (QED) is 0.917. The highest BCUT2D eigenvalue weighted by Crippen LogP contribution is 2.29. The highest BCUT2D eigenvalue weighted by atomic mass is 19.4. The Hall–Kier alpha value is -2.30. The molecule has 0 aromatic heterocycles. The van der Waals surface area contributed by atoms with Crippen LogP contribution in [0.4, 0.5) is 13.2 Å². The zero-order chi connectivity index (χ0) is 15.3. The van der Waals surface area contributed by atoms with E-state index in [0.29, 0.717) is 12.1 Å². The van der Waals surface area contributed by atoms with Crippen LogP contribution in [0.5, 0.6) is 0 Å². The molecule has 2 rings (SSSR count). The molecule has 0 saturated carbocycles. The minimum absolute atomic E-state index is 0.0605. The zero-order valence-electron chi connectivity index (χ0n) is 11.2. The van der Waals surface area contributed by atoms with Gasteiger partial charge in [0.25, 0.3) is 0 Å². The van der Waals surface area contributed by atoms with E-state index in [1.807, 2.05) is 30.3 Å². The van der Waals surface area contributed by atoms with Crippen molar-refractivity contribution in [1.82, 2.24) is 5.32 Å². The van der Waals surface area contributed by atoms with E-state index in [9.17, 15) is 18.0 Å². The van der Waals surface area contributed by atoms with E-state index in [4.69, 9.17) is 0 Å². The van der Waals surface area contributed by atoms with Gasteiger partial charge in [-0.15, -0.1) is 0 Å². The van der Waals surface area contributed by atoms with Gasteiger partial charge >= 0.3 is 6.18 Å². The maximum absolute atomic E-state index is 12.4. The summed E-state index contributed by atoms with van der Waals surface area (Å²) in [5.41, 5.74) is 0.808. The average Bonchev–Trinajstić information content (AvgIpc) is 2.46. The Bertz CT molecular complexity index is 591. The smallest absolute Gasteiger partial charge is 0.352 e. The summed E-state index contributed by atoms with van der Waals surface area (Å²) in [5, 5.41) is 2.73. The molecule has 1 N–H and O–H groups in total. The Labute approximate surface area is 120 Å². The van der Waals surface area contributed by atoms with Crippen LogP contribution in [0.1, 0.15) is 16.7 Å². The number of carbonyl (C=O) groups is 1. The van der Waals surface area contributed by atoms with Crippen molar-refractivity contribution in [3.63, 3.8) is 0 Å². The summed E-state index contributed by atoms with van der Waals surface area (Å²) in [6.45, 7) is 0.403. The lowest BCUT2D eigenvalue weighted by Crippen LogP contribution is -2.24. The van der Waals surface area contributed by atoms with E-state index in [1.54, 1.807) is 0 Å². The Morgan fingerprint density at radius 1 is 0.905 bits per heavy atom. The predicted molar refractivity (Wildman–Crippen MR) is 73.4 cm³/mol. The van der Waals surface area contributed by atoms with Crippen LogP contribution in [0.2, 0.25) is 0 Å². The van der Waals surface area contributed by atoms with Crippen molar-refractivity contribution < 1.29 is 18.0 Å². The molecule has 0 radical (unpaired) electrons. The second kappa shape index (κ2) is 6.43. The van der Waals surface area contributed by atoms with Gasteiger partial charge < -0.3 is 5.32 Å². The van der Waals surface area contributed by atoms with E-state index in [0.717, 1.165) is 17.7 Å². The van der Waals surface area contributed by atoms with Crippen LogP contribution in [0.3, 0.4) is 0 Å². The fourth-order valence-electron chi connectivity index (χ4n) is 1.86. The van der Waals surface area contributed by atoms with Crippen LogP contribution in [-0.2, 0) is 23.9 Å². The number of hydrogen-bond acceptors (Lipinski definition) is 1.